The molecule has 0 unspecified atom stereocenters. The number of aromatic carboxylic acids is 1. The molecule has 0 bridgehead atoms. The number of carboxylic acid groups (broad SMARTS) is 1. The molecule has 16 nitrogen and oxygen atoms in total. The van der Waals surface area contributed by atoms with Gasteiger partial charge >= 0.3 is 5.97 Å². The number of nitrogens with one attached hydrogen (secondary N) is 2. The van der Waals surface area contributed by atoms with Crippen molar-refractivity contribution in [2.75, 3.05) is 16.4 Å². The van der Waals surface area contributed by atoms with Gasteiger partial charge in [-0.05, 0) is 72.5 Å². The van der Waals surface area contributed by atoms with Crippen LogP contribution in [0.25, 0.3) is 10.8 Å². The molecule has 19 heteroatoms. The Kier molecular flexibility index (Phi) is 8.46. The fourth-order valence-electron chi connectivity index (χ4n) is 4.16. The van der Waals surface area contributed by atoms with Crippen molar-refractivity contribution in [2.24, 2.45) is 0 Å². The standard InChI is InChI=1S/C26H21N3O13S3/c1-12-2-3-13(9-20(12)27)24(30)28-17-5-15(4-16(6-17)26(32)33)25(31)29-21-10-18(43(34,35)36)7-14-8-19(44(37,38)39)11-22(23(14)21)45(40,41)42/h2-11H,27H2,1H3,(H,28,30)(H,29,31)(H,32,33)(H,34,35,36)(H,37,38,39)(H,40,41,42). The molecule has 0 atom stereocenters. The predicted molar refractivity (Wildman–Crippen MR) is 158 cm³/mol. The van der Waals surface area contributed by atoms with Crippen molar-refractivity contribution in [1.82, 2.24) is 0 Å². The Balaban J connectivity index is 1.88. The summed E-state index contributed by atoms with van der Waals surface area (Å²) in [5, 5.41) is 12.9. The van der Waals surface area contributed by atoms with Crippen molar-refractivity contribution in [3.63, 3.8) is 0 Å². The monoisotopic (exact) mass is 679 g/mol. The van der Waals surface area contributed by atoms with Crippen molar-refractivity contribution in [2.45, 2.75) is 21.6 Å². The molecule has 0 fully saturated rings. The van der Waals surface area contributed by atoms with Crippen LogP contribution in [0.3, 0.4) is 0 Å². The zero-order chi connectivity index (χ0) is 33.6. The van der Waals surface area contributed by atoms with Gasteiger partial charge < -0.3 is 21.5 Å². The maximum Gasteiger partial charge on any atom is 0.335 e. The molecule has 0 saturated heterocycles. The largest absolute Gasteiger partial charge is 0.478 e. The fraction of sp³-hybridized carbons (Fsp3) is 0.0385. The number of benzene rings is 4. The first-order valence-corrected chi connectivity index (χ1v) is 16.4. The summed E-state index contributed by atoms with van der Waals surface area (Å²) >= 11 is 0. The molecule has 4 rings (SSSR count). The Labute approximate surface area is 254 Å². The Bertz CT molecular complexity index is 2280. The Hall–Kier alpha value is -4.92. The number of hydrogen-bond donors (Lipinski definition) is 7. The molecule has 0 saturated carbocycles. The second-order valence-corrected chi connectivity index (χ2v) is 13.7. The third kappa shape index (κ3) is 7.25. The Morgan fingerprint density at radius 3 is 1.76 bits per heavy atom. The van der Waals surface area contributed by atoms with Crippen LogP contribution in [-0.2, 0) is 30.4 Å². The molecular weight excluding hydrogens is 658 g/mol. The van der Waals surface area contributed by atoms with Gasteiger partial charge in [-0.1, -0.05) is 6.07 Å². The topological polar surface area (TPSA) is 285 Å². The van der Waals surface area contributed by atoms with Crippen LogP contribution in [0.2, 0.25) is 0 Å². The van der Waals surface area contributed by atoms with Crippen LogP contribution in [-0.4, -0.2) is 61.8 Å². The van der Waals surface area contributed by atoms with E-state index in [2.05, 4.69) is 10.6 Å². The first-order valence-electron chi connectivity index (χ1n) is 12.1. The van der Waals surface area contributed by atoms with E-state index in [0.717, 1.165) is 18.2 Å². The smallest absolute Gasteiger partial charge is 0.335 e. The SMILES string of the molecule is Cc1ccc(C(=O)Nc2cc(C(=O)O)cc(C(=O)Nc3cc(S(=O)(=O)O)cc4cc(S(=O)(=O)O)cc(S(=O)(=O)O)c34)c2)cc1N. The lowest BCUT2D eigenvalue weighted by Gasteiger charge is -2.15. The second-order valence-electron chi connectivity index (χ2n) is 9.50. The molecule has 0 aromatic heterocycles. The zero-order valence-electron chi connectivity index (χ0n) is 22.5. The fourth-order valence-corrected chi connectivity index (χ4v) is 6.08. The van der Waals surface area contributed by atoms with Gasteiger partial charge in [-0.15, -0.1) is 0 Å². The van der Waals surface area contributed by atoms with E-state index in [4.69, 9.17) is 5.73 Å². The van der Waals surface area contributed by atoms with E-state index < -0.39 is 90.4 Å². The van der Waals surface area contributed by atoms with Gasteiger partial charge in [-0.25, -0.2) is 4.79 Å². The van der Waals surface area contributed by atoms with Gasteiger partial charge in [0.1, 0.15) is 4.90 Å². The van der Waals surface area contributed by atoms with E-state index in [1.807, 2.05) is 0 Å². The number of nitrogens with two attached hydrogens (primary N) is 1. The molecule has 4 aromatic rings. The third-order valence-corrected chi connectivity index (χ3v) is 8.86. The van der Waals surface area contributed by atoms with E-state index in [0.29, 0.717) is 35.5 Å². The lowest BCUT2D eigenvalue weighted by Crippen LogP contribution is -2.17. The highest BCUT2D eigenvalue weighted by atomic mass is 32.2. The molecule has 0 spiro atoms. The zero-order valence-corrected chi connectivity index (χ0v) is 25.0. The second kappa shape index (κ2) is 11.5. The molecule has 2 amide bonds. The van der Waals surface area contributed by atoms with E-state index >= 15 is 0 Å². The maximum absolute atomic E-state index is 13.4. The summed E-state index contributed by atoms with van der Waals surface area (Å²) in [7, 11) is -15.5. The predicted octanol–water partition coefficient (Wildman–Crippen LogP) is 2.67. The highest BCUT2D eigenvalue weighted by Crippen LogP contribution is 2.36. The first-order chi connectivity index (χ1) is 20.6. The first kappa shape index (κ1) is 33.0. The van der Waals surface area contributed by atoms with E-state index in [1.165, 1.54) is 12.1 Å². The van der Waals surface area contributed by atoms with Gasteiger partial charge in [-0.2, -0.15) is 25.3 Å². The van der Waals surface area contributed by atoms with Gasteiger partial charge in [0.05, 0.1) is 21.0 Å². The maximum atomic E-state index is 13.4. The minimum Gasteiger partial charge on any atom is -0.478 e. The van der Waals surface area contributed by atoms with Crippen molar-refractivity contribution < 1.29 is 58.4 Å². The number of fused-ring (bicyclic) bond motifs is 1. The number of carboxylic acids is 1. The van der Waals surface area contributed by atoms with Crippen molar-refractivity contribution >= 4 is 76.0 Å². The average molecular weight is 680 g/mol. The summed E-state index contributed by atoms with van der Waals surface area (Å²) in [6.07, 6.45) is 0. The highest BCUT2D eigenvalue weighted by molar-refractivity contribution is 7.87. The van der Waals surface area contributed by atoms with Crippen LogP contribution in [0, 0.1) is 6.92 Å². The van der Waals surface area contributed by atoms with Crippen molar-refractivity contribution in [1.29, 1.82) is 0 Å². The molecule has 0 aliphatic rings. The van der Waals surface area contributed by atoms with Crippen molar-refractivity contribution in [3.05, 3.63) is 82.9 Å². The summed E-state index contributed by atoms with van der Waals surface area (Å²) in [6, 6.07) is 9.46. The van der Waals surface area contributed by atoms with E-state index in [1.54, 1.807) is 13.0 Å². The van der Waals surface area contributed by atoms with Crippen LogP contribution in [0.15, 0.2) is 75.4 Å². The molecule has 4 aromatic carbocycles. The molecule has 8 N–H and O–H groups in total. The van der Waals surface area contributed by atoms with Crippen LogP contribution in [0.1, 0.15) is 36.6 Å². The number of rotatable bonds is 8. The highest BCUT2D eigenvalue weighted by Gasteiger charge is 2.26. The quantitative estimate of drug-likeness (QED) is 0.104. The number of nitrogen functional groups attached to an aromatic ring is 1. The normalized spacial score (nSPS) is 12.1. The number of carbonyl (C=O) groups excluding carboxylic acids is 2. The van der Waals surface area contributed by atoms with E-state index in [-0.39, 0.29) is 11.3 Å². The van der Waals surface area contributed by atoms with Gasteiger partial charge in [0, 0.05) is 27.9 Å². The summed E-state index contributed by atoms with van der Waals surface area (Å²) in [6.45, 7) is 1.71. The minimum atomic E-state index is -5.33. The lowest BCUT2D eigenvalue weighted by atomic mass is 10.1. The van der Waals surface area contributed by atoms with Crippen LogP contribution >= 0.6 is 0 Å². The lowest BCUT2D eigenvalue weighted by molar-refractivity contribution is 0.0696. The minimum absolute atomic E-state index is 0.0975. The Morgan fingerprint density at radius 1 is 0.667 bits per heavy atom. The summed E-state index contributed by atoms with van der Waals surface area (Å²) in [4.78, 5) is 34.7. The molecule has 0 radical (unpaired) electrons. The van der Waals surface area contributed by atoms with Crippen LogP contribution in [0.5, 0.6) is 0 Å². The average Bonchev–Trinajstić information content (AvgIpc) is 2.91. The number of aryl methyl sites for hydroxylation is 1. The number of anilines is 3. The van der Waals surface area contributed by atoms with Gasteiger partial charge in [0.2, 0.25) is 0 Å². The van der Waals surface area contributed by atoms with E-state index in [9.17, 15) is 58.4 Å². The third-order valence-electron chi connectivity index (χ3n) is 6.32. The van der Waals surface area contributed by atoms with Gasteiger partial charge in [-0.3, -0.25) is 23.2 Å². The van der Waals surface area contributed by atoms with Crippen LogP contribution in [0.4, 0.5) is 17.1 Å². The molecule has 0 aliphatic carbocycles. The molecule has 0 aliphatic heterocycles. The molecule has 0 heterocycles. The number of hydrogen-bond acceptors (Lipinski definition) is 10. The number of amides is 2. The molecule has 236 valence electrons. The Morgan fingerprint density at radius 2 is 1.22 bits per heavy atom. The van der Waals surface area contributed by atoms with Gasteiger partial charge in [0.25, 0.3) is 42.2 Å². The summed E-state index contributed by atoms with van der Waals surface area (Å²) in [5.74, 6) is -3.46. The molecule has 45 heavy (non-hydrogen) atoms. The number of carbonyl (C=O) groups is 3. The summed E-state index contributed by atoms with van der Waals surface area (Å²) in [5.41, 5.74) is 5.09. The molecular formula is C26H21N3O13S3. The van der Waals surface area contributed by atoms with Crippen molar-refractivity contribution in [3.8, 4) is 0 Å². The van der Waals surface area contributed by atoms with Gasteiger partial charge in [0.15, 0.2) is 0 Å². The summed E-state index contributed by atoms with van der Waals surface area (Å²) < 4.78 is 101. The van der Waals surface area contributed by atoms with Crippen LogP contribution < -0.4 is 16.4 Å².